The Morgan fingerprint density at radius 3 is 2.82 bits per heavy atom. The van der Waals surface area contributed by atoms with E-state index in [0.29, 0.717) is 22.5 Å². The van der Waals surface area contributed by atoms with Gasteiger partial charge in [0.05, 0.1) is 22.7 Å². The maximum Gasteiger partial charge on any atom is 0.338 e. The Morgan fingerprint density at radius 1 is 1.25 bits per heavy atom. The van der Waals surface area contributed by atoms with Crippen LogP contribution in [0.1, 0.15) is 15.9 Å². The van der Waals surface area contributed by atoms with Crippen LogP contribution in [-0.4, -0.2) is 30.8 Å². The second-order valence-corrected chi connectivity index (χ2v) is 6.45. The van der Waals surface area contributed by atoms with Gasteiger partial charge in [0.25, 0.3) is 5.56 Å². The van der Waals surface area contributed by atoms with E-state index in [9.17, 15) is 9.59 Å². The summed E-state index contributed by atoms with van der Waals surface area (Å²) >= 11 is 6.16. The van der Waals surface area contributed by atoms with Crippen LogP contribution in [0.25, 0.3) is 16.9 Å². The molecule has 0 saturated carbocycles. The van der Waals surface area contributed by atoms with Gasteiger partial charge in [-0.3, -0.25) is 9.78 Å². The zero-order chi connectivity index (χ0) is 19.7. The lowest BCUT2D eigenvalue weighted by atomic mass is 10.2. The molecule has 2 aromatic carbocycles. The van der Waals surface area contributed by atoms with Crippen molar-refractivity contribution in [2.75, 3.05) is 5.32 Å². The van der Waals surface area contributed by atoms with Crippen molar-refractivity contribution in [3.05, 3.63) is 81.4 Å². The van der Waals surface area contributed by atoms with E-state index in [1.165, 1.54) is 17.1 Å². The fourth-order valence-electron chi connectivity index (χ4n) is 2.73. The van der Waals surface area contributed by atoms with Crippen molar-refractivity contribution in [3.8, 4) is 5.95 Å². The van der Waals surface area contributed by atoms with Crippen LogP contribution < -0.4 is 10.9 Å². The third-order valence-electron chi connectivity index (χ3n) is 4.18. The van der Waals surface area contributed by atoms with Gasteiger partial charge in [-0.05, 0) is 29.8 Å². The molecule has 4 aromatic rings. The maximum absolute atomic E-state index is 12.5. The van der Waals surface area contributed by atoms with E-state index in [2.05, 4.69) is 20.4 Å². The van der Waals surface area contributed by atoms with Gasteiger partial charge in [-0.15, -0.1) is 0 Å². The molecule has 0 fully saturated rings. The molecule has 0 aliphatic heterocycles. The predicted molar refractivity (Wildman–Crippen MR) is 105 cm³/mol. The quantitative estimate of drug-likeness (QED) is 0.478. The highest BCUT2D eigenvalue weighted by atomic mass is 35.5. The van der Waals surface area contributed by atoms with E-state index in [1.807, 2.05) is 24.3 Å². The van der Waals surface area contributed by atoms with E-state index < -0.39 is 5.97 Å². The summed E-state index contributed by atoms with van der Waals surface area (Å²) in [6.45, 7) is 0.514. The molecule has 0 aliphatic rings. The molecular weight excluding hydrogens is 382 g/mol. The number of carbonyl (C=O) groups is 1. The Balaban J connectivity index is 1.63. The predicted octanol–water partition coefficient (Wildman–Crippen LogP) is 3.07. The highest BCUT2D eigenvalue weighted by molar-refractivity contribution is 6.31. The number of halogens is 1. The second kappa shape index (κ2) is 7.16. The fourth-order valence-corrected chi connectivity index (χ4v) is 2.94. The number of hydrogen-bond donors (Lipinski definition) is 3. The molecule has 2 heterocycles. The van der Waals surface area contributed by atoms with Crippen LogP contribution in [-0.2, 0) is 6.54 Å². The molecule has 0 radical (unpaired) electrons. The van der Waals surface area contributed by atoms with Gasteiger partial charge in [-0.2, -0.15) is 5.10 Å². The highest BCUT2D eigenvalue weighted by Gasteiger charge is 2.11. The van der Waals surface area contributed by atoms with Crippen molar-refractivity contribution < 1.29 is 9.90 Å². The number of carboxylic acids is 1. The Labute approximate surface area is 163 Å². The molecule has 9 heteroatoms. The number of rotatable bonds is 5. The van der Waals surface area contributed by atoms with Gasteiger partial charge < -0.3 is 10.4 Å². The molecule has 0 spiro atoms. The monoisotopic (exact) mass is 395 g/mol. The lowest BCUT2D eigenvalue weighted by Gasteiger charge is -2.09. The van der Waals surface area contributed by atoms with Crippen molar-refractivity contribution in [3.63, 3.8) is 0 Å². The largest absolute Gasteiger partial charge is 0.478 e. The van der Waals surface area contributed by atoms with Crippen molar-refractivity contribution in [2.45, 2.75) is 6.54 Å². The molecule has 0 amide bonds. The molecule has 140 valence electrons. The van der Waals surface area contributed by atoms with Gasteiger partial charge in [0.2, 0.25) is 5.95 Å². The number of aromatic amines is 1. The van der Waals surface area contributed by atoms with E-state index in [0.717, 1.165) is 11.3 Å². The molecule has 3 N–H and O–H groups in total. The number of fused-ring (bicyclic) bond motifs is 1. The summed E-state index contributed by atoms with van der Waals surface area (Å²) in [5, 5.41) is 17.2. The van der Waals surface area contributed by atoms with Gasteiger partial charge in [0, 0.05) is 23.5 Å². The summed E-state index contributed by atoms with van der Waals surface area (Å²) in [7, 11) is 0. The van der Waals surface area contributed by atoms with Gasteiger partial charge >= 0.3 is 5.97 Å². The lowest BCUT2D eigenvalue weighted by molar-refractivity contribution is 0.0697. The zero-order valence-electron chi connectivity index (χ0n) is 14.4. The van der Waals surface area contributed by atoms with Crippen LogP contribution >= 0.6 is 11.6 Å². The maximum atomic E-state index is 12.5. The second-order valence-electron chi connectivity index (χ2n) is 6.05. The Morgan fingerprint density at radius 2 is 2.07 bits per heavy atom. The third kappa shape index (κ3) is 3.45. The van der Waals surface area contributed by atoms with E-state index in [1.54, 1.807) is 18.2 Å². The SMILES string of the molecule is O=C(O)c1cnn(-c2nc3ccc(NCc4ccccc4Cl)cc3c(=O)[nH]2)c1. The molecule has 28 heavy (non-hydrogen) atoms. The summed E-state index contributed by atoms with van der Waals surface area (Å²) in [6, 6.07) is 12.7. The molecule has 2 aromatic heterocycles. The minimum atomic E-state index is -1.11. The average Bonchev–Trinajstić information content (AvgIpc) is 3.18. The van der Waals surface area contributed by atoms with Crippen LogP contribution in [0.2, 0.25) is 5.02 Å². The van der Waals surface area contributed by atoms with Crippen LogP contribution in [0.5, 0.6) is 0 Å². The summed E-state index contributed by atoms with van der Waals surface area (Å²) in [5.74, 6) is -0.967. The van der Waals surface area contributed by atoms with E-state index in [-0.39, 0.29) is 17.1 Å². The summed E-state index contributed by atoms with van der Waals surface area (Å²) < 4.78 is 1.22. The first-order valence-corrected chi connectivity index (χ1v) is 8.69. The van der Waals surface area contributed by atoms with Crippen molar-refractivity contribution in [2.24, 2.45) is 0 Å². The number of carboxylic acid groups (broad SMARTS) is 1. The zero-order valence-corrected chi connectivity index (χ0v) is 15.1. The van der Waals surface area contributed by atoms with Crippen LogP contribution in [0.3, 0.4) is 0 Å². The fraction of sp³-hybridized carbons (Fsp3) is 0.0526. The van der Waals surface area contributed by atoms with Gasteiger partial charge in [-0.25, -0.2) is 14.5 Å². The van der Waals surface area contributed by atoms with Gasteiger partial charge in [-0.1, -0.05) is 29.8 Å². The summed E-state index contributed by atoms with van der Waals surface area (Å²) in [5.41, 5.74) is 1.81. The molecule has 4 rings (SSSR count). The first-order valence-electron chi connectivity index (χ1n) is 8.31. The first-order chi connectivity index (χ1) is 13.5. The lowest BCUT2D eigenvalue weighted by Crippen LogP contribution is -2.14. The van der Waals surface area contributed by atoms with Crippen molar-refractivity contribution in [1.29, 1.82) is 0 Å². The molecule has 0 saturated heterocycles. The molecule has 0 bridgehead atoms. The standard InChI is InChI=1S/C19H14ClN5O3/c20-15-4-2-1-3-11(15)8-21-13-5-6-16-14(7-13)17(26)24-19(23-16)25-10-12(9-22-25)18(27)28/h1-7,9-10,21H,8H2,(H,27,28)(H,23,24,26). The topological polar surface area (TPSA) is 113 Å². The first kappa shape index (κ1) is 17.7. The van der Waals surface area contributed by atoms with Crippen molar-refractivity contribution >= 4 is 34.2 Å². The van der Waals surface area contributed by atoms with Crippen LogP contribution in [0.4, 0.5) is 5.69 Å². The summed E-state index contributed by atoms with van der Waals surface area (Å²) in [4.78, 5) is 30.5. The molecular formula is C19H14ClN5O3. The van der Waals surface area contributed by atoms with E-state index >= 15 is 0 Å². The molecule has 0 unspecified atom stereocenters. The van der Waals surface area contributed by atoms with Crippen molar-refractivity contribution in [1.82, 2.24) is 19.7 Å². The minimum absolute atomic E-state index is 0.00173. The smallest absolute Gasteiger partial charge is 0.338 e. The number of aromatic nitrogens is 4. The number of aromatic carboxylic acids is 1. The average molecular weight is 396 g/mol. The third-order valence-corrected chi connectivity index (χ3v) is 4.55. The number of hydrogen-bond acceptors (Lipinski definition) is 5. The van der Waals surface area contributed by atoms with Gasteiger partial charge in [0.15, 0.2) is 0 Å². The molecule has 0 aliphatic carbocycles. The normalized spacial score (nSPS) is 10.9. The molecule has 8 nitrogen and oxygen atoms in total. The minimum Gasteiger partial charge on any atom is -0.478 e. The number of nitrogens with zero attached hydrogens (tertiary/aromatic N) is 3. The van der Waals surface area contributed by atoms with Crippen LogP contribution in [0.15, 0.2) is 59.7 Å². The van der Waals surface area contributed by atoms with Gasteiger partial charge in [0.1, 0.15) is 0 Å². The number of benzene rings is 2. The Kier molecular flexibility index (Phi) is 4.54. The number of H-pyrrole nitrogens is 1. The number of anilines is 1. The highest BCUT2D eigenvalue weighted by Crippen LogP contribution is 2.19. The van der Waals surface area contributed by atoms with Crippen LogP contribution in [0, 0.1) is 0 Å². The summed E-state index contributed by atoms with van der Waals surface area (Å²) in [6.07, 6.45) is 2.47. The van der Waals surface area contributed by atoms with E-state index in [4.69, 9.17) is 16.7 Å². The number of nitrogens with one attached hydrogen (secondary N) is 2. The Hall–Kier alpha value is -3.65. The molecule has 0 atom stereocenters. The Bertz CT molecular complexity index is 1250.